The molecule has 10 nitrogen and oxygen atoms in total. The fourth-order valence-electron chi connectivity index (χ4n) is 2.74. The van der Waals surface area contributed by atoms with Crippen LogP contribution in [0.1, 0.15) is 19.8 Å². The van der Waals surface area contributed by atoms with Crippen LogP contribution >= 0.6 is 0 Å². The molecule has 1 saturated heterocycles. The van der Waals surface area contributed by atoms with Crippen molar-refractivity contribution in [3.05, 3.63) is 24.3 Å². The van der Waals surface area contributed by atoms with Crippen LogP contribution < -0.4 is 9.64 Å². The summed E-state index contributed by atoms with van der Waals surface area (Å²) in [6, 6.07) is 9.10. The molecule has 1 aromatic carbocycles. The third-order valence-corrected chi connectivity index (χ3v) is 4.09. The van der Waals surface area contributed by atoms with E-state index in [9.17, 15) is 19.2 Å². The van der Waals surface area contributed by atoms with Crippen LogP contribution in [0.15, 0.2) is 24.3 Å². The Bertz CT molecular complexity index is 883. The molecule has 1 aliphatic rings. The molecule has 29 heavy (non-hydrogen) atoms. The Hall–Kier alpha value is -3.92. The molecule has 5 amide bonds. The molecule has 0 unspecified atom stereocenters. The van der Waals surface area contributed by atoms with E-state index in [4.69, 9.17) is 15.3 Å². The lowest BCUT2D eigenvalue weighted by Crippen LogP contribution is -2.44. The average molecular weight is 397 g/mol. The Morgan fingerprint density at radius 1 is 1.07 bits per heavy atom. The number of para-hydroxylation sites is 2. The van der Waals surface area contributed by atoms with Crippen LogP contribution in [0, 0.1) is 22.7 Å². The number of urea groups is 1. The van der Waals surface area contributed by atoms with Gasteiger partial charge in [0.15, 0.2) is 0 Å². The minimum absolute atomic E-state index is 0.0336. The van der Waals surface area contributed by atoms with Crippen molar-refractivity contribution in [3.8, 4) is 17.9 Å². The highest BCUT2D eigenvalue weighted by Gasteiger charge is 2.47. The maximum atomic E-state index is 12.7. The van der Waals surface area contributed by atoms with Crippen LogP contribution in [-0.2, 0) is 14.4 Å². The highest BCUT2D eigenvalue weighted by atomic mass is 16.5. The summed E-state index contributed by atoms with van der Waals surface area (Å²) >= 11 is 0. The van der Waals surface area contributed by atoms with Crippen molar-refractivity contribution in [3.63, 3.8) is 0 Å². The van der Waals surface area contributed by atoms with Crippen LogP contribution in [0.25, 0.3) is 0 Å². The van der Waals surface area contributed by atoms with E-state index in [2.05, 4.69) is 0 Å². The predicted molar refractivity (Wildman–Crippen MR) is 99.2 cm³/mol. The Morgan fingerprint density at radius 2 is 1.69 bits per heavy atom. The van der Waals surface area contributed by atoms with Gasteiger partial charge in [0.05, 0.1) is 37.3 Å². The lowest BCUT2D eigenvalue weighted by atomic mass is 10.2. The lowest BCUT2D eigenvalue weighted by molar-refractivity contribution is -0.142. The first-order valence-electron chi connectivity index (χ1n) is 8.89. The minimum Gasteiger partial charge on any atom is -0.492 e. The number of benzene rings is 1. The molecular formula is C19H19N5O5. The van der Waals surface area contributed by atoms with Crippen molar-refractivity contribution < 1.29 is 23.9 Å². The molecule has 150 valence electrons. The van der Waals surface area contributed by atoms with Gasteiger partial charge in [-0.15, -0.1) is 0 Å². The number of ether oxygens (including phenoxy) is 1. The van der Waals surface area contributed by atoms with Crippen LogP contribution in [0.2, 0.25) is 0 Å². The third kappa shape index (κ3) is 4.68. The second-order valence-electron chi connectivity index (χ2n) is 5.91. The smallest absolute Gasteiger partial charge is 0.339 e. The van der Waals surface area contributed by atoms with Gasteiger partial charge in [-0.25, -0.2) is 14.6 Å². The Morgan fingerprint density at radius 3 is 2.28 bits per heavy atom. The van der Waals surface area contributed by atoms with E-state index < -0.39 is 30.3 Å². The first-order chi connectivity index (χ1) is 14.0. The summed E-state index contributed by atoms with van der Waals surface area (Å²) in [5.74, 6) is -2.60. The molecule has 0 aromatic heterocycles. The fourth-order valence-corrected chi connectivity index (χ4v) is 2.74. The molecular weight excluding hydrogens is 378 g/mol. The molecule has 1 aromatic rings. The van der Waals surface area contributed by atoms with Crippen molar-refractivity contribution in [1.82, 2.24) is 9.80 Å². The number of rotatable bonds is 9. The molecule has 2 rings (SSSR count). The minimum atomic E-state index is -1.13. The van der Waals surface area contributed by atoms with Crippen molar-refractivity contribution in [1.29, 1.82) is 10.5 Å². The van der Waals surface area contributed by atoms with Gasteiger partial charge in [-0.2, -0.15) is 10.5 Å². The van der Waals surface area contributed by atoms with Gasteiger partial charge in [-0.05, 0) is 19.1 Å². The molecule has 0 aliphatic carbocycles. The highest BCUT2D eigenvalue weighted by Crippen LogP contribution is 2.31. The number of nitrogens with zero attached hydrogens (tertiary/aromatic N) is 5. The van der Waals surface area contributed by atoms with Gasteiger partial charge in [0, 0.05) is 13.1 Å². The first-order valence-corrected chi connectivity index (χ1v) is 8.89. The fraction of sp³-hybridized carbons (Fsp3) is 0.368. The second-order valence-corrected chi connectivity index (χ2v) is 5.91. The van der Waals surface area contributed by atoms with E-state index in [1.54, 1.807) is 25.1 Å². The van der Waals surface area contributed by atoms with Gasteiger partial charge in [0.2, 0.25) is 5.91 Å². The topological polar surface area (TPSA) is 135 Å². The van der Waals surface area contributed by atoms with Crippen LogP contribution in [-0.4, -0.2) is 59.8 Å². The van der Waals surface area contributed by atoms with Gasteiger partial charge >= 0.3 is 17.8 Å². The Labute approximate surface area is 167 Å². The van der Waals surface area contributed by atoms with Crippen LogP contribution in [0.5, 0.6) is 5.75 Å². The van der Waals surface area contributed by atoms with Crippen molar-refractivity contribution in [2.24, 2.45) is 0 Å². The largest absolute Gasteiger partial charge is 0.492 e. The zero-order valence-electron chi connectivity index (χ0n) is 15.8. The predicted octanol–water partition coefficient (Wildman–Crippen LogP) is 1.04. The summed E-state index contributed by atoms with van der Waals surface area (Å²) in [6.45, 7) is 1.47. The standard InChI is InChI=1S/C19H19N5O5/c1-2-29-15-8-4-3-7-14(15)24-18(27)17(26)23(19(24)28)13-16(25)22(11-5-9-20)12-6-10-21/h3-4,7-8H,2,5-6,11-13H2,1H3. The van der Waals surface area contributed by atoms with Crippen LogP contribution in [0.3, 0.4) is 0 Å². The van der Waals surface area contributed by atoms with E-state index in [0.29, 0.717) is 9.80 Å². The molecule has 1 fully saturated rings. The van der Waals surface area contributed by atoms with Gasteiger partial charge < -0.3 is 9.64 Å². The first kappa shape index (κ1) is 21.4. The van der Waals surface area contributed by atoms with Crippen molar-refractivity contribution in [2.75, 3.05) is 31.1 Å². The molecule has 0 atom stereocenters. The molecule has 10 heteroatoms. The highest BCUT2D eigenvalue weighted by molar-refractivity contribution is 6.53. The molecule has 1 heterocycles. The van der Waals surface area contributed by atoms with Gasteiger partial charge in [0.1, 0.15) is 12.3 Å². The number of imide groups is 2. The normalized spacial score (nSPS) is 13.3. The van der Waals surface area contributed by atoms with Crippen molar-refractivity contribution in [2.45, 2.75) is 19.8 Å². The summed E-state index contributed by atoms with van der Waals surface area (Å²) in [6.07, 6.45) is 0.0672. The quantitative estimate of drug-likeness (QED) is 0.449. The molecule has 0 N–H and O–H groups in total. The van der Waals surface area contributed by atoms with Gasteiger partial charge in [-0.3, -0.25) is 14.4 Å². The SMILES string of the molecule is CCOc1ccccc1N1C(=O)C(=O)N(CC(=O)N(CCC#N)CCC#N)C1=O. The summed E-state index contributed by atoms with van der Waals surface area (Å²) in [4.78, 5) is 52.5. The number of anilines is 1. The van der Waals surface area contributed by atoms with Gasteiger partial charge in [0.25, 0.3) is 0 Å². The lowest BCUT2D eigenvalue weighted by Gasteiger charge is -2.23. The number of hydrogen-bond donors (Lipinski definition) is 0. The molecule has 0 bridgehead atoms. The number of carbonyl (C=O) groups is 4. The van der Waals surface area contributed by atoms with Crippen molar-refractivity contribution >= 4 is 29.4 Å². The maximum absolute atomic E-state index is 12.7. The molecule has 0 spiro atoms. The Kier molecular flexibility index (Phi) is 7.26. The number of amides is 5. The summed E-state index contributed by atoms with van der Waals surface area (Å²) in [7, 11) is 0. The maximum Gasteiger partial charge on any atom is 0.339 e. The summed E-state index contributed by atoms with van der Waals surface area (Å²) in [5.41, 5.74) is 0.110. The van der Waals surface area contributed by atoms with E-state index in [1.807, 2.05) is 12.1 Å². The average Bonchev–Trinajstić information content (AvgIpc) is 2.92. The third-order valence-electron chi connectivity index (χ3n) is 4.09. The number of nitriles is 2. The van der Waals surface area contributed by atoms with E-state index in [1.165, 1.54) is 11.0 Å². The molecule has 0 radical (unpaired) electrons. The van der Waals surface area contributed by atoms with Gasteiger partial charge in [-0.1, -0.05) is 12.1 Å². The summed E-state index contributed by atoms with van der Waals surface area (Å²) < 4.78 is 5.41. The zero-order valence-corrected chi connectivity index (χ0v) is 15.8. The number of hydrogen-bond acceptors (Lipinski definition) is 7. The molecule has 0 saturated carbocycles. The zero-order chi connectivity index (χ0) is 21.4. The second kappa shape index (κ2) is 9.85. The monoisotopic (exact) mass is 397 g/mol. The molecule has 1 aliphatic heterocycles. The summed E-state index contributed by atoms with van der Waals surface area (Å²) in [5, 5.41) is 17.4. The van der Waals surface area contributed by atoms with Crippen LogP contribution in [0.4, 0.5) is 10.5 Å². The number of carbonyl (C=O) groups excluding carboxylic acids is 4. The Balaban J connectivity index is 2.23. The van der Waals surface area contributed by atoms with E-state index in [0.717, 1.165) is 0 Å². The van der Waals surface area contributed by atoms with E-state index >= 15 is 0 Å². The van der Waals surface area contributed by atoms with E-state index in [-0.39, 0.29) is 44.0 Å².